The fraction of sp³-hybridized carbons (Fsp3) is 0.474. The molecule has 0 bridgehead atoms. The molecule has 4 nitrogen and oxygen atoms in total. The molecular weight excluding hydrogens is 324 g/mol. The fourth-order valence-electron chi connectivity index (χ4n) is 3.73. The number of alkyl halides is 2. The largest absolute Gasteiger partial charge is 0.322 e. The van der Waals surface area contributed by atoms with Crippen molar-refractivity contribution < 1.29 is 13.6 Å². The predicted molar refractivity (Wildman–Crippen MR) is 93.1 cm³/mol. The third-order valence-electron chi connectivity index (χ3n) is 4.92. The Kier molecular flexibility index (Phi) is 4.88. The van der Waals surface area contributed by atoms with Crippen molar-refractivity contribution in [1.29, 1.82) is 0 Å². The first-order chi connectivity index (χ1) is 11.9. The number of anilines is 1. The smallest absolute Gasteiger partial charge is 0.282 e. The van der Waals surface area contributed by atoms with Gasteiger partial charge in [0.15, 0.2) is 0 Å². The molecule has 1 aromatic heterocycles. The summed E-state index contributed by atoms with van der Waals surface area (Å²) in [5.41, 5.74) is 2.55. The number of hydrogen-bond acceptors (Lipinski definition) is 2. The monoisotopic (exact) mass is 347 g/mol. The molecule has 6 heteroatoms. The molecule has 1 amide bonds. The van der Waals surface area contributed by atoms with Gasteiger partial charge in [-0.05, 0) is 48.3 Å². The average Bonchev–Trinajstić information content (AvgIpc) is 2.97. The Morgan fingerprint density at radius 1 is 1.36 bits per heavy atom. The van der Waals surface area contributed by atoms with E-state index in [1.807, 2.05) is 12.1 Å². The molecule has 0 spiro atoms. The third kappa shape index (κ3) is 3.43. The van der Waals surface area contributed by atoms with Crippen LogP contribution in [0.2, 0.25) is 0 Å². The zero-order valence-electron chi connectivity index (χ0n) is 14.7. The molecule has 1 aliphatic rings. The molecule has 0 aliphatic heterocycles. The van der Waals surface area contributed by atoms with Crippen LogP contribution >= 0.6 is 0 Å². The second-order valence-electron chi connectivity index (χ2n) is 6.97. The standard InChI is InChI=1S/C19H23F2N3O/c1-11(2)12-6-4-8-14-13(12)7-5-9-16(14)22-19(25)15-10-24(3)23-17(15)18(20)21/h5,7,9-12,18H,4,6,8H2,1-3H3,(H,22,25). The summed E-state index contributed by atoms with van der Waals surface area (Å²) < 4.78 is 27.4. The Bertz CT molecular complexity index is 783. The van der Waals surface area contributed by atoms with E-state index in [1.54, 1.807) is 0 Å². The minimum atomic E-state index is -2.78. The van der Waals surface area contributed by atoms with Crippen molar-refractivity contribution in [3.8, 4) is 0 Å². The van der Waals surface area contributed by atoms with Gasteiger partial charge in [-0.15, -0.1) is 0 Å². The SMILES string of the molecule is CC(C)C1CCCc2c(NC(=O)c3cn(C)nc3C(F)F)cccc21. The minimum absolute atomic E-state index is 0.0775. The molecule has 134 valence electrons. The lowest BCUT2D eigenvalue weighted by molar-refractivity contribution is 0.101. The van der Waals surface area contributed by atoms with Gasteiger partial charge in [0.25, 0.3) is 12.3 Å². The van der Waals surface area contributed by atoms with Crippen LogP contribution in [0.1, 0.15) is 66.2 Å². The highest BCUT2D eigenvalue weighted by Gasteiger charge is 2.27. The van der Waals surface area contributed by atoms with E-state index >= 15 is 0 Å². The molecule has 3 rings (SSSR count). The zero-order valence-corrected chi connectivity index (χ0v) is 14.7. The van der Waals surface area contributed by atoms with Gasteiger partial charge in [-0.25, -0.2) is 8.78 Å². The van der Waals surface area contributed by atoms with Crippen LogP contribution in [0.25, 0.3) is 0 Å². The van der Waals surface area contributed by atoms with E-state index in [-0.39, 0.29) is 5.56 Å². The molecule has 1 aromatic carbocycles. The lowest BCUT2D eigenvalue weighted by Gasteiger charge is -2.30. The summed E-state index contributed by atoms with van der Waals surface area (Å²) in [4.78, 5) is 12.6. The molecule has 1 heterocycles. The van der Waals surface area contributed by atoms with Crippen LogP contribution in [-0.2, 0) is 13.5 Å². The van der Waals surface area contributed by atoms with Crippen LogP contribution in [0.4, 0.5) is 14.5 Å². The van der Waals surface area contributed by atoms with Crippen molar-refractivity contribution in [3.05, 3.63) is 46.8 Å². The number of fused-ring (bicyclic) bond motifs is 1. The van der Waals surface area contributed by atoms with Gasteiger partial charge < -0.3 is 5.32 Å². The molecular formula is C19H23F2N3O. The first-order valence-electron chi connectivity index (χ1n) is 8.63. The molecule has 1 atom stereocenters. The first-order valence-corrected chi connectivity index (χ1v) is 8.63. The van der Waals surface area contributed by atoms with Gasteiger partial charge in [-0.2, -0.15) is 5.10 Å². The Morgan fingerprint density at radius 3 is 2.80 bits per heavy atom. The number of carbonyl (C=O) groups is 1. The van der Waals surface area contributed by atoms with Crippen LogP contribution in [-0.4, -0.2) is 15.7 Å². The van der Waals surface area contributed by atoms with Crippen molar-refractivity contribution in [2.75, 3.05) is 5.32 Å². The Balaban J connectivity index is 1.92. The van der Waals surface area contributed by atoms with Gasteiger partial charge in [0, 0.05) is 18.9 Å². The zero-order chi connectivity index (χ0) is 18.1. The first kappa shape index (κ1) is 17.6. The Labute approximate surface area is 146 Å². The van der Waals surface area contributed by atoms with Gasteiger partial charge in [0.05, 0.1) is 5.56 Å². The highest BCUT2D eigenvalue weighted by atomic mass is 19.3. The second kappa shape index (κ2) is 6.94. The highest BCUT2D eigenvalue weighted by molar-refractivity contribution is 6.05. The summed E-state index contributed by atoms with van der Waals surface area (Å²) in [5.74, 6) is 0.452. The molecule has 25 heavy (non-hydrogen) atoms. The summed E-state index contributed by atoms with van der Waals surface area (Å²) in [6.45, 7) is 4.41. The van der Waals surface area contributed by atoms with Crippen molar-refractivity contribution >= 4 is 11.6 Å². The average molecular weight is 347 g/mol. The number of hydrogen-bond donors (Lipinski definition) is 1. The van der Waals surface area contributed by atoms with Crippen LogP contribution in [0, 0.1) is 5.92 Å². The molecule has 0 fully saturated rings. The van der Waals surface area contributed by atoms with Crippen molar-refractivity contribution in [1.82, 2.24) is 9.78 Å². The number of carbonyl (C=O) groups excluding carboxylic acids is 1. The van der Waals surface area contributed by atoms with Gasteiger partial charge in [-0.1, -0.05) is 26.0 Å². The lowest BCUT2D eigenvalue weighted by Crippen LogP contribution is -2.19. The molecule has 2 aromatic rings. The van der Waals surface area contributed by atoms with Gasteiger partial charge in [-0.3, -0.25) is 9.48 Å². The quantitative estimate of drug-likeness (QED) is 0.872. The van der Waals surface area contributed by atoms with E-state index < -0.39 is 18.0 Å². The molecule has 1 aliphatic carbocycles. The van der Waals surface area contributed by atoms with E-state index in [2.05, 4.69) is 30.3 Å². The van der Waals surface area contributed by atoms with Crippen molar-refractivity contribution in [2.45, 2.75) is 45.5 Å². The maximum Gasteiger partial charge on any atom is 0.282 e. The molecule has 0 saturated carbocycles. The second-order valence-corrected chi connectivity index (χ2v) is 6.97. The number of halogens is 2. The van der Waals surface area contributed by atoms with Crippen LogP contribution < -0.4 is 5.32 Å². The number of rotatable bonds is 4. The topological polar surface area (TPSA) is 46.9 Å². The number of nitrogens with zero attached hydrogens (tertiary/aromatic N) is 2. The van der Waals surface area contributed by atoms with Gasteiger partial charge >= 0.3 is 0 Å². The van der Waals surface area contributed by atoms with Crippen LogP contribution in [0.5, 0.6) is 0 Å². The summed E-state index contributed by atoms with van der Waals surface area (Å²) in [6.07, 6.45) is 1.65. The third-order valence-corrected chi connectivity index (χ3v) is 4.92. The number of nitrogens with one attached hydrogen (secondary N) is 1. The maximum atomic E-state index is 13.1. The molecule has 0 saturated heterocycles. The van der Waals surface area contributed by atoms with E-state index in [9.17, 15) is 13.6 Å². The minimum Gasteiger partial charge on any atom is -0.322 e. The van der Waals surface area contributed by atoms with Crippen molar-refractivity contribution in [2.24, 2.45) is 13.0 Å². The number of aromatic nitrogens is 2. The Hall–Kier alpha value is -2.24. The van der Waals surface area contributed by atoms with Crippen LogP contribution in [0.3, 0.4) is 0 Å². The van der Waals surface area contributed by atoms with E-state index in [0.717, 1.165) is 30.5 Å². The molecule has 1 N–H and O–H groups in total. The summed E-state index contributed by atoms with van der Waals surface area (Å²) >= 11 is 0. The molecule has 1 unspecified atom stereocenters. The van der Waals surface area contributed by atoms with E-state index in [4.69, 9.17) is 0 Å². The molecule has 0 radical (unpaired) electrons. The van der Waals surface area contributed by atoms with E-state index in [0.29, 0.717) is 11.8 Å². The maximum absolute atomic E-state index is 13.1. The van der Waals surface area contributed by atoms with E-state index in [1.165, 1.54) is 23.5 Å². The van der Waals surface area contributed by atoms with Gasteiger partial charge in [0.2, 0.25) is 0 Å². The lowest BCUT2D eigenvalue weighted by atomic mass is 9.76. The summed E-state index contributed by atoms with van der Waals surface area (Å²) in [7, 11) is 1.53. The predicted octanol–water partition coefficient (Wildman–Crippen LogP) is 4.69. The Morgan fingerprint density at radius 2 is 2.12 bits per heavy atom. The summed E-state index contributed by atoms with van der Waals surface area (Å²) in [5, 5.41) is 6.53. The highest BCUT2D eigenvalue weighted by Crippen LogP contribution is 2.39. The van der Waals surface area contributed by atoms with Gasteiger partial charge in [0.1, 0.15) is 5.69 Å². The number of amides is 1. The summed E-state index contributed by atoms with van der Waals surface area (Å²) in [6, 6.07) is 5.88. The van der Waals surface area contributed by atoms with Crippen molar-refractivity contribution in [3.63, 3.8) is 0 Å². The fourth-order valence-corrected chi connectivity index (χ4v) is 3.73. The number of benzene rings is 1. The number of aryl methyl sites for hydroxylation is 1. The normalized spacial score (nSPS) is 17.0. The van der Waals surface area contributed by atoms with Crippen LogP contribution in [0.15, 0.2) is 24.4 Å².